The first kappa shape index (κ1) is 66.4. The van der Waals surface area contributed by atoms with Gasteiger partial charge in [-0.2, -0.15) is 0 Å². The van der Waals surface area contributed by atoms with Crippen molar-refractivity contribution in [1.82, 2.24) is 0 Å². The molecule has 12 heteroatoms. The molecule has 0 saturated carbocycles. The maximum atomic E-state index is 13.1. The Morgan fingerprint density at radius 1 is 0.466 bits per heavy atom. The molecule has 6 atom stereocenters. The number of hydrogen-bond acceptors (Lipinski definition) is 11. The van der Waals surface area contributed by atoms with Gasteiger partial charge in [-0.15, -0.1) is 0 Å². The van der Waals surface area contributed by atoms with E-state index in [0.29, 0.717) is 32.1 Å². The number of esters is 3. The number of aliphatic carboxylic acids is 1. The first-order valence-electron chi connectivity index (χ1n) is 27.9. The highest BCUT2D eigenvalue weighted by molar-refractivity contribution is 5.74. The number of allylic oxidation sites excluding steroid dienone is 18. The van der Waals surface area contributed by atoms with Crippen molar-refractivity contribution in [3.63, 3.8) is 0 Å². The summed E-state index contributed by atoms with van der Waals surface area (Å²) in [6.45, 7) is 5.66. The molecular weight excluding hydrogens is 925 g/mol. The SMILES string of the molecule is CC/C=C\C/C=C\C/C=C\C/C=C\C/C=C\CCCC(=O)OCC(COC1OC(C(=O)O)C(O)C(O)C1OC(=O)CCCC/C=C\C/C=C\C/C=C\C/C=C\CC)OC(=O)CCCCCCCCCCCCC. The highest BCUT2D eigenvalue weighted by Crippen LogP contribution is 2.26. The van der Waals surface area contributed by atoms with Crippen molar-refractivity contribution in [1.29, 1.82) is 0 Å². The molecule has 1 saturated heterocycles. The van der Waals surface area contributed by atoms with E-state index in [1.54, 1.807) is 0 Å². The molecule has 0 spiro atoms. The standard InChI is InChI=1S/C61H96O12/c1-4-7-10-13-16-19-22-24-26-27-29-30-33-35-38-41-44-47-53(62)69-50-52(71-54(63)48-45-42-39-36-32-21-18-15-12-9-6-3)51-70-61-59(57(66)56(65)58(73-61)60(67)68)72-55(64)49-46-43-40-37-34-31-28-25-23-20-17-14-11-8-5-2/h7-8,10-11,16-17,19-20,24-26,28-30,34-35,37-38,52,56-59,61,65-66H,4-6,9,12-15,18,21-23,27,31-33,36,39-51H2,1-3H3,(H,67,68)/b10-7-,11-8-,19-16-,20-17-,26-24-,28-25-,30-29-,37-34-,38-35-. The number of unbranched alkanes of at least 4 members (excludes halogenated alkanes) is 13. The third-order valence-corrected chi connectivity index (χ3v) is 11.8. The Bertz CT molecular complexity index is 1690. The molecule has 1 rings (SSSR count). The third-order valence-electron chi connectivity index (χ3n) is 11.8. The highest BCUT2D eigenvalue weighted by Gasteiger charge is 2.50. The van der Waals surface area contributed by atoms with Crippen molar-refractivity contribution in [3.8, 4) is 0 Å². The van der Waals surface area contributed by atoms with Crippen molar-refractivity contribution in [2.45, 2.75) is 237 Å². The average molecular weight is 1020 g/mol. The summed E-state index contributed by atoms with van der Waals surface area (Å²) < 4.78 is 28.2. The van der Waals surface area contributed by atoms with Crippen LogP contribution >= 0.6 is 0 Å². The zero-order chi connectivity index (χ0) is 53.3. The van der Waals surface area contributed by atoms with Gasteiger partial charge in [0.15, 0.2) is 24.6 Å². The van der Waals surface area contributed by atoms with Crippen LogP contribution in [-0.4, -0.2) is 89.2 Å². The van der Waals surface area contributed by atoms with Crippen molar-refractivity contribution < 1.29 is 58.2 Å². The summed E-state index contributed by atoms with van der Waals surface area (Å²) in [6.07, 6.45) is 52.2. The number of carboxylic acids is 1. The van der Waals surface area contributed by atoms with Crippen LogP contribution in [-0.2, 0) is 42.9 Å². The molecule has 73 heavy (non-hydrogen) atoms. The Balaban J connectivity index is 2.77. The normalized spacial score (nSPS) is 19.2. The number of carbonyl (C=O) groups excluding carboxylic acids is 3. The van der Waals surface area contributed by atoms with Crippen LogP contribution in [0.25, 0.3) is 0 Å². The van der Waals surface area contributed by atoms with Crippen LogP contribution < -0.4 is 0 Å². The lowest BCUT2D eigenvalue weighted by atomic mass is 9.98. The lowest BCUT2D eigenvalue weighted by Crippen LogP contribution is -2.61. The molecule has 412 valence electrons. The molecule has 6 unspecified atom stereocenters. The number of rotatable bonds is 45. The molecule has 0 aromatic carbocycles. The summed E-state index contributed by atoms with van der Waals surface area (Å²) in [5.74, 6) is -3.27. The van der Waals surface area contributed by atoms with Crippen LogP contribution in [0.1, 0.15) is 201 Å². The van der Waals surface area contributed by atoms with Crippen molar-refractivity contribution in [3.05, 3.63) is 109 Å². The van der Waals surface area contributed by atoms with Gasteiger partial charge < -0.3 is 39.0 Å². The predicted octanol–water partition coefficient (Wildman–Crippen LogP) is 13.9. The fraction of sp³-hybridized carbons (Fsp3) is 0.639. The lowest BCUT2D eigenvalue weighted by Gasteiger charge is -2.40. The predicted molar refractivity (Wildman–Crippen MR) is 294 cm³/mol. The van der Waals surface area contributed by atoms with E-state index in [4.69, 9.17) is 23.7 Å². The van der Waals surface area contributed by atoms with Crippen LogP contribution in [0, 0.1) is 0 Å². The second-order valence-corrected chi connectivity index (χ2v) is 18.5. The van der Waals surface area contributed by atoms with Gasteiger partial charge in [0.2, 0.25) is 0 Å². The quantitative estimate of drug-likeness (QED) is 0.0228. The topological polar surface area (TPSA) is 175 Å². The number of aliphatic hydroxyl groups excluding tert-OH is 2. The average Bonchev–Trinajstić information content (AvgIpc) is 3.37. The molecule has 1 heterocycles. The Labute approximate surface area is 440 Å². The van der Waals surface area contributed by atoms with E-state index in [2.05, 4.69) is 124 Å². The first-order valence-corrected chi connectivity index (χ1v) is 27.9. The lowest BCUT2D eigenvalue weighted by molar-refractivity contribution is -0.301. The van der Waals surface area contributed by atoms with Crippen LogP contribution in [0.3, 0.4) is 0 Å². The van der Waals surface area contributed by atoms with Gasteiger partial charge in [-0.3, -0.25) is 14.4 Å². The zero-order valence-electron chi connectivity index (χ0n) is 45.1. The minimum Gasteiger partial charge on any atom is -0.479 e. The fourth-order valence-corrected chi connectivity index (χ4v) is 7.63. The van der Waals surface area contributed by atoms with E-state index < -0.39 is 67.3 Å². The van der Waals surface area contributed by atoms with Crippen LogP contribution in [0.4, 0.5) is 0 Å². The first-order chi connectivity index (χ1) is 35.6. The van der Waals surface area contributed by atoms with Crippen LogP contribution in [0.2, 0.25) is 0 Å². The van der Waals surface area contributed by atoms with E-state index in [-0.39, 0.29) is 25.9 Å². The van der Waals surface area contributed by atoms with E-state index in [0.717, 1.165) is 83.5 Å². The molecule has 0 aliphatic carbocycles. The summed E-state index contributed by atoms with van der Waals surface area (Å²) in [6, 6.07) is 0. The maximum Gasteiger partial charge on any atom is 0.335 e. The fourth-order valence-electron chi connectivity index (χ4n) is 7.63. The second kappa shape index (κ2) is 48.3. The Morgan fingerprint density at radius 3 is 1.36 bits per heavy atom. The summed E-state index contributed by atoms with van der Waals surface area (Å²) in [5.41, 5.74) is 0. The van der Waals surface area contributed by atoms with Gasteiger partial charge in [-0.1, -0.05) is 194 Å². The third kappa shape index (κ3) is 38.6. The van der Waals surface area contributed by atoms with Crippen molar-refractivity contribution in [2.75, 3.05) is 13.2 Å². The largest absolute Gasteiger partial charge is 0.479 e. The van der Waals surface area contributed by atoms with E-state index in [9.17, 15) is 34.5 Å². The number of carbonyl (C=O) groups is 4. The Hall–Kier alpha value is -4.62. The summed E-state index contributed by atoms with van der Waals surface area (Å²) in [5, 5.41) is 31.4. The minimum atomic E-state index is -1.93. The van der Waals surface area contributed by atoms with Crippen molar-refractivity contribution in [2.24, 2.45) is 0 Å². The molecule has 1 aliphatic heterocycles. The van der Waals surface area contributed by atoms with Crippen molar-refractivity contribution >= 4 is 23.9 Å². The van der Waals surface area contributed by atoms with Gasteiger partial charge in [-0.05, 0) is 96.3 Å². The number of hydrogen-bond donors (Lipinski definition) is 3. The van der Waals surface area contributed by atoms with Gasteiger partial charge in [0.05, 0.1) is 6.61 Å². The van der Waals surface area contributed by atoms with Gasteiger partial charge in [0, 0.05) is 19.3 Å². The number of aliphatic hydroxyl groups is 2. The maximum absolute atomic E-state index is 13.1. The Morgan fingerprint density at radius 2 is 0.877 bits per heavy atom. The van der Waals surface area contributed by atoms with Crippen LogP contribution in [0.15, 0.2) is 109 Å². The molecule has 0 aromatic heterocycles. The summed E-state index contributed by atoms with van der Waals surface area (Å²) in [4.78, 5) is 50.9. The molecule has 1 fully saturated rings. The zero-order valence-corrected chi connectivity index (χ0v) is 45.1. The number of carboxylic acid groups (broad SMARTS) is 1. The molecule has 3 N–H and O–H groups in total. The van der Waals surface area contributed by atoms with Gasteiger partial charge in [0.25, 0.3) is 0 Å². The molecule has 12 nitrogen and oxygen atoms in total. The van der Waals surface area contributed by atoms with Gasteiger partial charge in [-0.25, -0.2) is 4.79 Å². The smallest absolute Gasteiger partial charge is 0.335 e. The molecular formula is C61H96O12. The monoisotopic (exact) mass is 1020 g/mol. The van der Waals surface area contributed by atoms with Crippen LogP contribution in [0.5, 0.6) is 0 Å². The van der Waals surface area contributed by atoms with E-state index in [1.165, 1.54) is 44.9 Å². The summed E-state index contributed by atoms with van der Waals surface area (Å²) >= 11 is 0. The molecule has 1 aliphatic rings. The van der Waals surface area contributed by atoms with Gasteiger partial charge in [0.1, 0.15) is 18.8 Å². The molecule has 0 radical (unpaired) electrons. The number of ether oxygens (including phenoxy) is 5. The molecule has 0 bridgehead atoms. The molecule has 0 amide bonds. The minimum absolute atomic E-state index is 0.00175. The summed E-state index contributed by atoms with van der Waals surface area (Å²) in [7, 11) is 0. The second-order valence-electron chi connectivity index (χ2n) is 18.5. The molecule has 0 aromatic rings. The van der Waals surface area contributed by atoms with E-state index >= 15 is 0 Å². The highest BCUT2D eigenvalue weighted by atomic mass is 16.7. The Kier molecular flexibility index (Phi) is 44.0. The van der Waals surface area contributed by atoms with E-state index in [1.807, 2.05) is 6.08 Å². The van der Waals surface area contributed by atoms with Gasteiger partial charge >= 0.3 is 23.9 Å².